The van der Waals surface area contributed by atoms with Crippen molar-refractivity contribution >= 4 is 5.91 Å². The molecule has 1 atom stereocenters. The third-order valence-electron chi connectivity index (χ3n) is 2.14. The van der Waals surface area contributed by atoms with Crippen LogP contribution in [0.15, 0.2) is 0 Å². The number of hydrogen-bond donors (Lipinski definition) is 2. The second-order valence-electron chi connectivity index (χ2n) is 4.29. The van der Waals surface area contributed by atoms with Crippen molar-refractivity contribution in [2.45, 2.75) is 46.3 Å². The lowest BCUT2D eigenvalue weighted by atomic mass is 10.0. The standard InChI is InChI=1S/C11H23NO3/c1-8(2)10(5-6-13)12-11(14)7-15-9(3)4/h8-10,13H,5-7H2,1-4H3,(H,12,14). The molecule has 0 aliphatic heterocycles. The minimum Gasteiger partial charge on any atom is -0.396 e. The van der Waals surface area contributed by atoms with Crippen LogP contribution in [-0.2, 0) is 9.53 Å². The highest BCUT2D eigenvalue weighted by Gasteiger charge is 2.15. The average Bonchev–Trinajstić information content (AvgIpc) is 2.14. The Morgan fingerprint density at radius 1 is 1.33 bits per heavy atom. The van der Waals surface area contributed by atoms with E-state index in [0.717, 1.165) is 0 Å². The zero-order valence-corrected chi connectivity index (χ0v) is 10.1. The van der Waals surface area contributed by atoms with Crippen LogP contribution in [0.3, 0.4) is 0 Å². The van der Waals surface area contributed by atoms with Crippen LogP contribution in [0.4, 0.5) is 0 Å². The van der Waals surface area contributed by atoms with Gasteiger partial charge in [-0.05, 0) is 26.2 Å². The highest BCUT2D eigenvalue weighted by atomic mass is 16.5. The molecule has 0 bridgehead atoms. The van der Waals surface area contributed by atoms with E-state index in [2.05, 4.69) is 5.32 Å². The molecule has 1 amide bonds. The number of carbonyl (C=O) groups is 1. The van der Waals surface area contributed by atoms with Gasteiger partial charge in [-0.25, -0.2) is 0 Å². The van der Waals surface area contributed by atoms with E-state index < -0.39 is 0 Å². The van der Waals surface area contributed by atoms with Crippen LogP contribution in [0.25, 0.3) is 0 Å². The van der Waals surface area contributed by atoms with Crippen LogP contribution in [0, 0.1) is 5.92 Å². The third-order valence-corrected chi connectivity index (χ3v) is 2.14. The minimum atomic E-state index is -0.115. The number of ether oxygens (including phenoxy) is 1. The summed E-state index contributed by atoms with van der Waals surface area (Å²) in [6, 6.07) is 0.0262. The number of carbonyl (C=O) groups excluding carboxylic acids is 1. The van der Waals surface area contributed by atoms with Gasteiger partial charge in [-0.1, -0.05) is 13.8 Å². The van der Waals surface area contributed by atoms with Crippen LogP contribution in [0.1, 0.15) is 34.1 Å². The normalized spacial score (nSPS) is 13.3. The molecular formula is C11H23NO3. The number of aliphatic hydroxyl groups is 1. The van der Waals surface area contributed by atoms with E-state index in [4.69, 9.17) is 9.84 Å². The molecule has 0 fully saturated rings. The predicted octanol–water partition coefficient (Wildman–Crippen LogP) is 0.935. The molecule has 4 nitrogen and oxygen atoms in total. The number of rotatable bonds is 7. The molecule has 15 heavy (non-hydrogen) atoms. The van der Waals surface area contributed by atoms with E-state index in [0.29, 0.717) is 12.3 Å². The first-order valence-electron chi connectivity index (χ1n) is 5.49. The van der Waals surface area contributed by atoms with Gasteiger partial charge in [0.05, 0.1) is 6.10 Å². The largest absolute Gasteiger partial charge is 0.396 e. The highest BCUT2D eigenvalue weighted by molar-refractivity contribution is 5.77. The van der Waals surface area contributed by atoms with Crippen LogP contribution >= 0.6 is 0 Å². The van der Waals surface area contributed by atoms with Gasteiger partial charge in [0.2, 0.25) is 5.91 Å². The zero-order valence-electron chi connectivity index (χ0n) is 10.1. The molecule has 0 saturated carbocycles. The second kappa shape index (κ2) is 7.65. The fourth-order valence-corrected chi connectivity index (χ4v) is 1.20. The summed E-state index contributed by atoms with van der Waals surface area (Å²) in [7, 11) is 0. The first-order chi connectivity index (χ1) is 6.97. The van der Waals surface area contributed by atoms with E-state index in [1.165, 1.54) is 0 Å². The Balaban J connectivity index is 3.89. The van der Waals surface area contributed by atoms with E-state index in [1.54, 1.807) is 0 Å². The predicted molar refractivity (Wildman–Crippen MR) is 59.6 cm³/mol. The zero-order chi connectivity index (χ0) is 11.8. The van der Waals surface area contributed by atoms with Crippen molar-refractivity contribution < 1.29 is 14.6 Å². The van der Waals surface area contributed by atoms with Crippen molar-refractivity contribution in [2.24, 2.45) is 5.92 Å². The molecule has 2 N–H and O–H groups in total. The number of aliphatic hydroxyl groups excluding tert-OH is 1. The first kappa shape index (κ1) is 14.4. The Hall–Kier alpha value is -0.610. The molecule has 0 rings (SSSR count). The number of amides is 1. The molecule has 4 heteroatoms. The van der Waals surface area contributed by atoms with Crippen molar-refractivity contribution in [1.29, 1.82) is 0 Å². The van der Waals surface area contributed by atoms with Gasteiger partial charge in [-0.15, -0.1) is 0 Å². The lowest BCUT2D eigenvalue weighted by molar-refractivity contribution is -0.128. The Bertz CT molecular complexity index is 181. The molecule has 0 heterocycles. The van der Waals surface area contributed by atoms with E-state index in [9.17, 15) is 4.79 Å². The number of hydrogen-bond acceptors (Lipinski definition) is 3. The van der Waals surface area contributed by atoms with Gasteiger partial charge in [0.15, 0.2) is 0 Å². The Labute approximate surface area is 92.0 Å². The fourth-order valence-electron chi connectivity index (χ4n) is 1.20. The summed E-state index contributed by atoms with van der Waals surface area (Å²) in [5.74, 6) is 0.205. The van der Waals surface area contributed by atoms with E-state index >= 15 is 0 Å². The van der Waals surface area contributed by atoms with Gasteiger partial charge >= 0.3 is 0 Å². The van der Waals surface area contributed by atoms with Crippen molar-refractivity contribution in [3.05, 3.63) is 0 Å². The molecular weight excluding hydrogens is 194 g/mol. The highest BCUT2D eigenvalue weighted by Crippen LogP contribution is 2.05. The van der Waals surface area contributed by atoms with Crippen molar-refractivity contribution in [1.82, 2.24) is 5.32 Å². The Morgan fingerprint density at radius 2 is 1.93 bits per heavy atom. The SMILES string of the molecule is CC(C)OCC(=O)NC(CCO)C(C)C. The van der Waals surface area contributed by atoms with Gasteiger partial charge in [0.1, 0.15) is 6.61 Å². The van der Waals surface area contributed by atoms with E-state index in [1.807, 2.05) is 27.7 Å². The molecule has 0 spiro atoms. The lowest BCUT2D eigenvalue weighted by Crippen LogP contribution is -2.41. The molecule has 0 saturated heterocycles. The maximum absolute atomic E-state index is 11.4. The smallest absolute Gasteiger partial charge is 0.246 e. The lowest BCUT2D eigenvalue weighted by Gasteiger charge is -2.21. The van der Waals surface area contributed by atoms with Crippen LogP contribution in [0.5, 0.6) is 0 Å². The average molecular weight is 217 g/mol. The molecule has 0 aliphatic carbocycles. The molecule has 0 aromatic rings. The third kappa shape index (κ3) is 7.33. The summed E-state index contributed by atoms with van der Waals surface area (Å²) in [4.78, 5) is 11.4. The van der Waals surface area contributed by atoms with Gasteiger partial charge in [0, 0.05) is 12.6 Å². The molecule has 0 radical (unpaired) electrons. The van der Waals surface area contributed by atoms with Gasteiger partial charge < -0.3 is 15.2 Å². The van der Waals surface area contributed by atoms with Crippen LogP contribution in [-0.4, -0.2) is 36.4 Å². The minimum absolute atomic E-state index is 0.0262. The van der Waals surface area contributed by atoms with Crippen molar-refractivity contribution in [3.63, 3.8) is 0 Å². The molecule has 0 aliphatic rings. The Kier molecular flexibility index (Phi) is 7.34. The topological polar surface area (TPSA) is 58.6 Å². The fraction of sp³-hybridized carbons (Fsp3) is 0.909. The summed E-state index contributed by atoms with van der Waals surface area (Å²) in [6.45, 7) is 8.00. The van der Waals surface area contributed by atoms with Gasteiger partial charge in [-0.2, -0.15) is 0 Å². The van der Waals surface area contributed by atoms with Crippen molar-refractivity contribution in [3.8, 4) is 0 Å². The first-order valence-corrected chi connectivity index (χ1v) is 5.49. The molecule has 1 unspecified atom stereocenters. The molecule has 90 valence electrons. The van der Waals surface area contributed by atoms with Gasteiger partial charge in [0.25, 0.3) is 0 Å². The monoisotopic (exact) mass is 217 g/mol. The van der Waals surface area contributed by atoms with E-state index in [-0.39, 0.29) is 31.3 Å². The Morgan fingerprint density at radius 3 is 2.33 bits per heavy atom. The maximum atomic E-state index is 11.4. The summed E-state index contributed by atoms with van der Waals surface area (Å²) >= 11 is 0. The summed E-state index contributed by atoms with van der Waals surface area (Å²) in [5, 5.41) is 11.7. The maximum Gasteiger partial charge on any atom is 0.246 e. The second-order valence-corrected chi connectivity index (χ2v) is 4.29. The van der Waals surface area contributed by atoms with Crippen LogP contribution in [0.2, 0.25) is 0 Å². The quantitative estimate of drug-likeness (QED) is 0.667. The van der Waals surface area contributed by atoms with Crippen molar-refractivity contribution in [2.75, 3.05) is 13.2 Å². The molecule has 0 aromatic heterocycles. The molecule has 0 aromatic carbocycles. The summed E-state index contributed by atoms with van der Waals surface area (Å²) in [5.41, 5.74) is 0. The summed E-state index contributed by atoms with van der Waals surface area (Å²) < 4.78 is 5.19. The van der Waals surface area contributed by atoms with Gasteiger partial charge in [-0.3, -0.25) is 4.79 Å². The van der Waals surface area contributed by atoms with Crippen LogP contribution < -0.4 is 5.32 Å². The summed E-state index contributed by atoms with van der Waals surface area (Å²) in [6.07, 6.45) is 0.650. The number of nitrogens with one attached hydrogen (secondary N) is 1.